The van der Waals surface area contributed by atoms with Gasteiger partial charge < -0.3 is 9.47 Å². The second kappa shape index (κ2) is 7.14. The highest BCUT2D eigenvalue weighted by molar-refractivity contribution is 5.87. The average Bonchev–Trinajstić information content (AvgIpc) is 2.52. The summed E-state index contributed by atoms with van der Waals surface area (Å²) in [4.78, 5) is 11.8. The molecule has 0 heterocycles. The van der Waals surface area contributed by atoms with Crippen LogP contribution in [0.2, 0.25) is 0 Å². The number of ether oxygens (including phenoxy) is 2. The normalized spacial score (nSPS) is 10.9. The van der Waals surface area contributed by atoms with Gasteiger partial charge in [0.1, 0.15) is 18.6 Å². The maximum absolute atomic E-state index is 11.8. The highest BCUT2D eigenvalue weighted by Gasteiger charge is 2.06. The van der Waals surface area contributed by atoms with E-state index < -0.39 is 0 Å². The lowest BCUT2D eigenvalue weighted by Gasteiger charge is -2.05. The molecule has 2 aromatic carbocycles. The van der Waals surface area contributed by atoms with Gasteiger partial charge in [-0.15, -0.1) is 0 Å². The number of hydrogen-bond donors (Lipinski definition) is 0. The lowest BCUT2D eigenvalue weighted by molar-refractivity contribution is -0.140. The zero-order valence-electron chi connectivity index (χ0n) is 11.3. The Balaban J connectivity index is 1.85. The minimum absolute atomic E-state index is 0.260. The molecule has 3 nitrogen and oxygen atoms in total. The molecule has 0 aliphatic heterocycles. The summed E-state index contributed by atoms with van der Waals surface area (Å²) in [7, 11) is 0. The van der Waals surface area contributed by atoms with E-state index >= 15 is 0 Å². The molecule has 0 amide bonds. The van der Waals surface area contributed by atoms with Crippen molar-refractivity contribution < 1.29 is 14.3 Å². The number of hydrogen-bond acceptors (Lipinski definition) is 3. The summed E-state index contributed by atoms with van der Waals surface area (Å²) >= 11 is 0. The molecule has 0 aromatic heterocycles. The van der Waals surface area contributed by atoms with Gasteiger partial charge >= 0.3 is 5.97 Å². The van der Waals surface area contributed by atoms with Gasteiger partial charge in [0.2, 0.25) is 0 Å². The third kappa shape index (κ3) is 4.28. The molecule has 2 aromatic rings. The first-order chi connectivity index (χ1) is 9.75. The maximum atomic E-state index is 11.8. The Morgan fingerprint density at radius 3 is 2.25 bits per heavy atom. The van der Waals surface area contributed by atoms with Gasteiger partial charge in [-0.2, -0.15) is 0 Å². The molecule has 0 spiro atoms. The van der Waals surface area contributed by atoms with Crippen molar-refractivity contribution in [2.24, 2.45) is 0 Å². The SMILES string of the molecule is C/C(=C\Oc1ccccc1)C(=O)OCc1ccccc1. The van der Waals surface area contributed by atoms with Crippen LogP contribution in [0.25, 0.3) is 0 Å². The molecule has 0 N–H and O–H groups in total. The second-order valence-electron chi connectivity index (χ2n) is 4.29. The van der Waals surface area contributed by atoms with E-state index in [1.807, 2.05) is 60.7 Å². The van der Waals surface area contributed by atoms with Gasteiger partial charge in [-0.3, -0.25) is 0 Å². The summed E-state index contributed by atoms with van der Waals surface area (Å²) in [6, 6.07) is 18.8. The van der Waals surface area contributed by atoms with Crippen LogP contribution in [0.15, 0.2) is 72.5 Å². The number of rotatable bonds is 5. The Labute approximate surface area is 118 Å². The molecule has 0 bridgehead atoms. The first-order valence-electron chi connectivity index (χ1n) is 6.35. The second-order valence-corrected chi connectivity index (χ2v) is 4.29. The summed E-state index contributed by atoms with van der Waals surface area (Å²) < 4.78 is 10.6. The Morgan fingerprint density at radius 1 is 1.00 bits per heavy atom. The van der Waals surface area contributed by atoms with Crippen molar-refractivity contribution in [1.82, 2.24) is 0 Å². The summed E-state index contributed by atoms with van der Waals surface area (Å²) in [6.45, 7) is 1.92. The van der Waals surface area contributed by atoms with Crippen molar-refractivity contribution in [2.45, 2.75) is 13.5 Å². The minimum Gasteiger partial charge on any atom is -0.464 e. The predicted octanol–water partition coefficient (Wildman–Crippen LogP) is 3.71. The fourth-order valence-electron chi connectivity index (χ4n) is 1.54. The van der Waals surface area contributed by atoms with Crippen LogP contribution in [0.3, 0.4) is 0 Å². The number of benzene rings is 2. The molecule has 0 unspecified atom stereocenters. The third-order valence-corrected chi connectivity index (χ3v) is 2.65. The fourth-order valence-corrected chi connectivity index (χ4v) is 1.54. The summed E-state index contributed by atoms with van der Waals surface area (Å²) in [5, 5.41) is 0. The van der Waals surface area contributed by atoms with E-state index in [9.17, 15) is 4.79 Å². The number of carbonyl (C=O) groups is 1. The van der Waals surface area contributed by atoms with Gasteiger partial charge in [0, 0.05) is 0 Å². The van der Waals surface area contributed by atoms with Crippen LogP contribution in [-0.2, 0) is 16.1 Å². The highest BCUT2D eigenvalue weighted by atomic mass is 16.5. The van der Waals surface area contributed by atoms with E-state index in [1.165, 1.54) is 6.26 Å². The first-order valence-corrected chi connectivity index (χ1v) is 6.35. The Bertz CT molecular complexity index is 574. The highest BCUT2D eigenvalue weighted by Crippen LogP contribution is 2.10. The molecule has 0 atom stereocenters. The smallest absolute Gasteiger partial charge is 0.337 e. The van der Waals surface area contributed by atoms with Crippen LogP contribution in [0, 0.1) is 0 Å². The topological polar surface area (TPSA) is 35.5 Å². The Morgan fingerprint density at radius 2 is 1.60 bits per heavy atom. The molecule has 0 aliphatic carbocycles. The van der Waals surface area contributed by atoms with Crippen molar-refractivity contribution in [2.75, 3.05) is 0 Å². The maximum Gasteiger partial charge on any atom is 0.337 e. The molecule has 0 saturated heterocycles. The van der Waals surface area contributed by atoms with E-state index in [0.29, 0.717) is 11.3 Å². The van der Waals surface area contributed by atoms with Gasteiger partial charge in [-0.05, 0) is 24.6 Å². The minimum atomic E-state index is -0.384. The van der Waals surface area contributed by atoms with Crippen LogP contribution >= 0.6 is 0 Å². The van der Waals surface area contributed by atoms with E-state index in [0.717, 1.165) is 5.56 Å². The lowest BCUT2D eigenvalue weighted by atomic mass is 10.2. The van der Waals surface area contributed by atoms with Crippen molar-refractivity contribution in [3.05, 3.63) is 78.1 Å². The van der Waals surface area contributed by atoms with E-state index in [-0.39, 0.29) is 12.6 Å². The molecule has 0 radical (unpaired) electrons. The van der Waals surface area contributed by atoms with E-state index in [2.05, 4.69) is 0 Å². The molecule has 2 rings (SSSR count). The molecular weight excluding hydrogens is 252 g/mol. The van der Waals surface area contributed by atoms with Crippen LogP contribution in [0.5, 0.6) is 5.75 Å². The van der Waals surface area contributed by atoms with Crippen LogP contribution < -0.4 is 4.74 Å². The van der Waals surface area contributed by atoms with E-state index in [1.54, 1.807) is 6.92 Å². The fraction of sp³-hybridized carbons (Fsp3) is 0.118. The molecular formula is C17H16O3. The predicted molar refractivity (Wildman–Crippen MR) is 77.1 cm³/mol. The van der Waals surface area contributed by atoms with Crippen molar-refractivity contribution >= 4 is 5.97 Å². The standard InChI is InChI=1S/C17H16O3/c1-14(12-19-16-10-6-3-7-11-16)17(18)20-13-15-8-4-2-5-9-15/h2-12H,13H2,1H3/b14-12+. The average molecular weight is 268 g/mol. The van der Waals surface area contributed by atoms with Crippen molar-refractivity contribution in [3.63, 3.8) is 0 Å². The van der Waals surface area contributed by atoms with Crippen LogP contribution in [0.4, 0.5) is 0 Å². The van der Waals surface area contributed by atoms with Crippen LogP contribution in [-0.4, -0.2) is 5.97 Å². The summed E-state index contributed by atoms with van der Waals surface area (Å²) in [5.41, 5.74) is 1.38. The lowest BCUT2D eigenvalue weighted by Crippen LogP contribution is -2.06. The largest absolute Gasteiger partial charge is 0.464 e. The Kier molecular flexibility index (Phi) is 4.95. The number of carbonyl (C=O) groups excluding carboxylic acids is 1. The summed E-state index contributed by atoms with van der Waals surface area (Å²) in [6.07, 6.45) is 1.41. The van der Waals surface area contributed by atoms with Gasteiger partial charge in [-0.1, -0.05) is 48.5 Å². The first kappa shape index (κ1) is 13.9. The number of para-hydroxylation sites is 1. The monoisotopic (exact) mass is 268 g/mol. The number of esters is 1. The van der Waals surface area contributed by atoms with E-state index in [4.69, 9.17) is 9.47 Å². The molecule has 0 fully saturated rings. The molecule has 0 saturated carbocycles. The van der Waals surface area contributed by atoms with Crippen LogP contribution in [0.1, 0.15) is 12.5 Å². The molecule has 3 heteroatoms. The summed E-state index contributed by atoms with van der Waals surface area (Å²) in [5.74, 6) is 0.299. The zero-order valence-corrected chi connectivity index (χ0v) is 11.3. The van der Waals surface area contributed by atoms with Gasteiger partial charge in [0.05, 0.1) is 5.57 Å². The molecule has 102 valence electrons. The van der Waals surface area contributed by atoms with Crippen molar-refractivity contribution in [3.8, 4) is 5.75 Å². The third-order valence-electron chi connectivity index (χ3n) is 2.65. The van der Waals surface area contributed by atoms with Gasteiger partial charge in [0.25, 0.3) is 0 Å². The quantitative estimate of drug-likeness (QED) is 0.471. The Hall–Kier alpha value is -2.55. The van der Waals surface area contributed by atoms with Crippen molar-refractivity contribution in [1.29, 1.82) is 0 Å². The van der Waals surface area contributed by atoms with Gasteiger partial charge in [-0.25, -0.2) is 4.79 Å². The zero-order chi connectivity index (χ0) is 14.2. The van der Waals surface area contributed by atoms with Gasteiger partial charge in [0.15, 0.2) is 0 Å². The molecule has 20 heavy (non-hydrogen) atoms. The molecule has 0 aliphatic rings.